The average molecular weight is 261 g/mol. The lowest BCUT2D eigenvalue weighted by molar-refractivity contribution is 0.103. The number of rotatable bonds is 4. The fourth-order valence-corrected chi connectivity index (χ4v) is 2.41. The quantitative estimate of drug-likeness (QED) is 0.911. The van der Waals surface area contributed by atoms with Crippen molar-refractivity contribution in [2.24, 2.45) is 0 Å². The lowest BCUT2D eigenvalue weighted by atomic mass is 10.2. The second kappa shape index (κ2) is 5.69. The number of amides is 1. The maximum absolute atomic E-state index is 12.0. The lowest BCUT2D eigenvalue weighted by Gasteiger charge is -2.06. The molecule has 0 bridgehead atoms. The summed E-state index contributed by atoms with van der Waals surface area (Å²) in [5.41, 5.74) is 1.78. The van der Waals surface area contributed by atoms with Crippen molar-refractivity contribution >= 4 is 22.9 Å². The highest BCUT2D eigenvalue weighted by Crippen LogP contribution is 2.19. The van der Waals surface area contributed by atoms with E-state index in [0.29, 0.717) is 6.61 Å². The molecule has 0 unspecified atom stereocenters. The minimum absolute atomic E-state index is 0.0633. The van der Waals surface area contributed by atoms with Crippen LogP contribution in [0.4, 0.5) is 5.69 Å². The minimum atomic E-state index is -0.0633. The second-order valence-electron chi connectivity index (χ2n) is 3.84. The number of nitrogens with one attached hydrogen (secondary N) is 1. The van der Waals surface area contributed by atoms with Gasteiger partial charge in [0.2, 0.25) is 0 Å². The third-order valence-electron chi connectivity index (χ3n) is 2.49. The van der Waals surface area contributed by atoms with Crippen LogP contribution < -0.4 is 10.1 Å². The number of ether oxygens (including phenoxy) is 1. The molecule has 2 rings (SSSR count). The van der Waals surface area contributed by atoms with Crippen LogP contribution in [-0.2, 0) is 0 Å². The normalized spacial score (nSPS) is 10.1. The molecule has 0 aliphatic rings. The van der Waals surface area contributed by atoms with Crippen molar-refractivity contribution in [2.75, 3.05) is 11.9 Å². The number of carbonyl (C=O) groups excluding carboxylic acids is 1. The Kier molecular flexibility index (Phi) is 3.99. The fraction of sp³-hybridized carbons (Fsp3) is 0.214. The van der Waals surface area contributed by atoms with Gasteiger partial charge in [0, 0.05) is 5.69 Å². The van der Waals surface area contributed by atoms with E-state index < -0.39 is 0 Å². The van der Waals surface area contributed by atoms with E-state index in [1.165, 1.54) is 11.3 Å². The maximum atomic E-state index is 12.0. The van der Waals surface area contributed by atoms with Crippen molar-refractivity contribution in [3.63, 3.8) is 0 Å². The van der Waals surface area contributed by atoms with Gasteiger partial charge in [0.25, 0.3) is 5.91 Å². The molecule has 1 aromatic carbocycles. The predicted octanol–water partition coefficient (Wildman–Crippen LogP) is 3.71. The zero-order valence-electron chi connectivity index (χ0n) is 10.4. The van der Waals surface area contributed by atoms with Gasteiger partial charge in [-0.15, -0.1) is 11.3 Å². The molecular formula is C14H15NO2S. The summed E-state index contributed by atoms with van der Waals surface area (Å²) in [6, 6.07) is 9.32. The van der Waals surface area contributed by atoms with Crippen LogP contribution in [-0.4, -0.2) is 12.5 Å². The summed E-state index contributed by atoms with van der Waals surface area (Å²) in [5.74, 6) is 0.745. The zero-order valence-corrected chi connectivity index (χ0v) is 11.2. The monoisotopic (exact) mass is 261 g/mol. The van der Waals surface area contributed by atoms with Gasteiger partial charge < -0.3 is 10.1 Å². The van der Waals surface area contributed by atoms with E-state index in [9.17, 15) is 4.79 Å². The van der Waals surface area contributed by atoms with Crippen LogP contribution >= 0.6 is 11.3 Å². The Morgan fingerprint density at radius 3 is 2.56 bits per heavy atom. The lowest BCUT2D eigenvalue weighted by Crippen LogP contribution is -2.11. The van der Waals surface area contributed by atoms with Crippen LogP contribution in [0.2, 0.25) is 0 Å². The van der Waals surface area contributed by atoms with Gasteiger partial charge in [-0.3, -0.25) is 4.79 Å². The number of carbonyl (C=O) groups is 1. The molecule has 4 heteroatoms. The summed E-state index contributed by atoms with van der Waals surface area (Å²) in [6.45, 7) is 4.51. The summed E-state index contributed by atoms with van der Waals surface area (Å²) in [7, 11) is 0. The van der Waals surface area contributed by atoms with Crippen molar-refractivity contribution in [2.45, 2.75) is 13.8 Å². The summed E-state index contributed by atoms with van der Waals surface area (Å²) in [4.78, 5) is 12.7. The number of thiophene rings is 1. The Morgan fingerprint density at radius 2 is 2.00 bits per heavy atom. The summed E-state index contributed by atoms with van der Waals surface area (Å²) in [5, 5.41) is 4.79. The van der Waals surface area contributed by atoms with Gasteiger partial charge in [-0.2, -0.15) is 0 Å². The van der Waals surface area contributed by atoms with Crippen molar-refractivity contribution in [1.82, 2.24) is 0 Å². The Hall–Kier alpha value is -1.81. The molecule has 0 spiro atoms. The molecule has 0 saturated carbocycles. The molecule has 0 radical (unpaired) electrons. The van der Waals surface area contributed by atoms with Gasteiger partial charge >= 0.3 is 0 Å². The fourth-order valence-electron chi connectivity index (χ4n) is 1.59. The third-order valence-corrected chi connectivity index (χ3v) is 3.51. The van der Waals surface area contributed by atoms with Gasteiger partial charge in [-0.1, -0.05) is 0 Å². The molecule has 1 N–H and O–H groups in total. The molecule has 0 aliphatic heterocycles. The van der Waals surface area contributed by atoms with Crippen molar-refractivity contribution < 1.29 is 9.53 Å². The highest BCUT2D eigenvalue weighted by atomic mass is 32.1. The minimum Gasteiger partial charge on any atom is -0.494 e. The van der Waals surface area contributed by atoms with Crippen LogP contribution in [0.5, 0.6) is 5.75 Å². The van der Waals surface area contributed by atoms with E-state index in [1.54, 1.807) is 0 Å². The standard InChI is InChI=1S/C14H15NO2S/c1-3-17-12-6-4-11(5-7-12)15-14(16)13-10(2)8-9-18-13/h4-9H,3H2,1-2H3,(H,15,16). The van der Waals surface area contributed by atoms with Gasteiger partial charge in [-0.05, 0) is 55.1 Å². The first kappa shape index (κ1) is 12.6. The Bertz CT molecular complexity index is 531. The SMILES string of the molecule is CCOc1ccc(NC(=O)c2sccc2C)cc1. The first-order valence-electron chi connectivity index (χ1n) is 5.79. The van der Waals surface area contributed by atoms with E-state index in [4.69, 9.17) is 4.74 Å². The molecular weight excluding hydrogens is 246 g/mol. The van der Waals surface area contributed by atoms with E-state index in [0.717, 1.165) is 21.9 Å². The second-order valence-corrected chi connectivity index (χ2v) is 4.76. The molecule has 2 aromatic rings. The van der Waals surface area contributed by atoms with Gasteiger partial charge in [-0.25, -0.2) is 0 Å². The van der Waals surface area contributed by atoms with Crippen LogP contribution in [0.15, 0.2) is 35.7 Å². The molecule has 1 heterocycles. The summed E-state index contributed by atoms with van der Waals surface area (Å²) >= 11 is 1.45. The van der Waals surface area contributed by atoms with Crippen molar-refractivity contribution in [3.8, 4) is 5.75 Å². The van der Waals surface area contributed by atoms with Crippen LogP contribution in [0.1, 0.15) is 22.2 Å². The van der Waals surface area contributed by atoms with Crippen LogP contribution in [0.3, 0.4) is 0 Å². The molecule has 0 saturated heterocycles. The van der Waals surface area contributed by atoms with Crippen molar-refractivity contribution in [1.29, 1.82) is 0 Å². The number of benzene rings is 1. The largest absolute Gasteiger partial charge is 0.494 e. The topological polar surface area (TPSA) is 38.3 Å². The Morgan fingerprint density at radius 1 is 1.28 bits per heavy atom. The van der Waals surface area contributed by atoms with E-state index in [-0.39, 0.29) is 5.91 Å². The zero-order chi connectivity index (χ0) is 13.0. The van der Waals surface area contributed by atoms with Gasteiger partial charge in [0.05, 0.1) is 11.5 Å². The molecule has 1 amide bonds. The van der Waals surface area contributed by atoms with E-state index >= 15 is 0 Å². The molecule has 0 aliphatic carbocycles. The Balaban J connectivity index is 2.05. The first-order valence-corrected chi connectivity index (χ1v) is 6.67. The van der Waals surface area contributed by atoms with E-state index in [1.807, 2.05) is 49.6 Å². The molecule has 0 atom stereocenters. The molecule has 94 valence electrons. The molecule has 3 nitrogen and oxygen atoms in total. The van der Waals surface area contributed by atoms with Gasteiger partial charge in [0.15, 0.2) is 0 Å². The third kappa shape index (κ3) is 2.90. The summed E-state index contributed by atoms with van der Waals surface area (Å²) < 4.78 is 5.35. The molecule has 0 fully saturated rings. The van der Waals surface area contributed by atoms with Crippen molar-refractivity contribution in [3.05, 3.63) is 46.2 Å². The molecule has 1 aromatic heterocycles. The number of hydrogen-bond donors (Lipinski definition) is 1. The predicted molar refractivity (Wildman–Crippen MR) is 74.6 cm³/mol. The maximum Gasteiger partial charge on any atom is 0.265 e. The number of anilines is 1. The summed E-state index contributed by atoms with van der Waals surface area (Å²) in [6.07, 6.45) is 0. The smallest absolute Gasteiger partial charge is 0.265 e. The highest BCUT2D eigenvalue weighted by molar-refractivity contribution is 7.12. The van der Waals surface area contributed by atoms with E-state index in [2.05, 4.69) is 5.32 Å². The molecule has 18 heavy (non-hydrogen) atoms. The van der Waals surface area contributed by atoms with Crippen LogP contribution in [0, 0.1) is 6.92 Å². The number of aryl methyl sites for hydroxylation is 1. The highest BCUT2D eigenvalue weighted by Gasteiger charge is 2.10. The first-order chi connectivity index (χ1) is 8.70. The number of hydrogen-bond acceptors (Lipinski definition) is 3. The average Bonchev–Trinajstić information content (AvgIpc) is 2.78. The van der Waals surface area contributed by atoms with Crippen LogP contribution in [0.25, 0.3) is 0 Å². The van der Waals surface area contributed by atoms with Gasteiger partial charge in [0.1, 0.15) is 5.75 Å². The Labute approximate surface area is 110 Å².